The quantitative estimate of drug-likeness (QED) is 0.505. The van der Waals surface area contributed by atoms with Crippen molar-refractivity contribution < 1.29 is 35.2 Å². The Morgan fingerprint density at radius 1 is 1.17 bits per heavy atom. The third-order valence-corrected chi connectivity index (χ3v) is 8.17. The molecule has 1 N–H and O–H groups in total. The van der Waals surface area contributed by atoms with E-state index in [4.69, 9.17) is 0 Å². The van der Waals surface area contributed by atoms with Crippen LogP contribution >= 0.6 is 0 Å². The van der Waals surface area contributed by atoms with E-state index >= 15 is 4.39 Å². The fraction of sp³-hybridized carbons (Fsp3) is 0.480. The SMILES string of the molecule is CC(C)(C(=O)N1CC2(CC2)[C@H](NS(=O)(=O)CF)[C@@H]1Cc1cccc(-c2cccc(F)c2)c1F)C(F)F. The second kappa shape index (κ2) is 9.41. The van der Waals surface area contributed by atoms with E-state index in [9.17, 15) is 30.8 Å². The maximum atomic E-state index is 15.6. The van der Waals surface area contributed by atoms with Crippen LogP contribution in [0.25, 0.3) is 11.1 Å². The Labute approximate surface area is 206 Å². The zero-order chi connectivity index (χ0) is 26.5. The molecule has 11 heteroatoms. The van der Waals surface area contributed by atoms with Gasteiger partial charge in [-0.05, 0) is 56.4 Å². The van der Waals surface area contributed by atoms with E-state index in [2.05, 4.69) is 4.72 Å². The number of hydrogen-bond donors (Lipinski definition) is 1. The number of nitrogens with zero attached hydrogens (tertiary/aromatic N) is 1. The highest BCUT2D eigenvalue weighted by molar-refractivity contribution is 7.89. The number of likely N-dealkylation sites (tertiary alicyclic amines) is 1. The van der Waals surface area contributed by atoms with E-state index in [1.807, 2.05) is 0 Å². The third kappa shape index (κ3) is 4.87. The van der Waals surface area contributed by atoms with E-state index in [-0.39, 0.29) is 29.7 Å². The van der Waals surface area contributed by atoms with Gasteiger partial charge in [0.15, 0.2) is 0 Å². The molecule has 2 aromatic carbocycles. The van der Waals surface area contributed by atoms with Crippen molar-refractivity contribution >= 4 is 15.9 Å². The first-order valence-electron chi connectivity index (χ1n) is 11.5. The zero-order valence-electron chi connectivity index (χ0n) is 19.8. The van der Waals surface area contributed by atoms with E-state index in [0.717, 1.165) is 19.9 Å². The van der Waals surface area contributed by atoms with Crippen LogP contribution in [0.1, 0.15) is 32.3 Å². The topological polar surface area (TPSA) is 66.5 Å². The molecule has 0 radical (unpaired) electrons. The summed E-state index contributed by atoms with van der Waals surface area (Å²) < 4.78 is 96.7. The summed E-state index contributed by atoms with van der Waals surface area (Å²) in [6.45, 7) is 2.19. The summed E-state index contributed by atoms with van der Waals surface area (Å²) in [5.41, 5.74) is -2.34. The molecule has 1 spiro atoms. The van der Waals surface area contributed by atoms with Gasteiger partial charge in [-0.15, -0.1) is 0 Å². The zero-order valence-corrected chi connectivity index (χ0v) is 20.6. The summed E-state index contributed by atoms with van der Waals surface area (Å²) in [6.07, 6.45) is -2.18. The van der Waals surface area contributed by atoms with Gasteiger partial charge in [0, 0.05) is 23.6 Å². The molecular formula is C25H27F5N2O3S. The smallest absolute Gasteiger partial charge is 0.252 e. The first-order valence-corrected chi connectivity index (χ1v) is 13.1. The number of rotatable bonds is 8. The predicted molar refractivity (Wildman–Crippen MR) is 124 cm³/mol. The molecule has 0 aromatic heterocycles. The highest BCUT2D eigenvalue weighted by Crippen LogP contribution is 2.56. The number of benzene rings is 2. The molecule has 4 rings (SSSR count). The van der Waals surface area contributed by atoms with Crippen molar-refractivity contribution in [3.8, 4) is 11.1 Å². The van der Waals surface area contributed by atoms with Crippen LogP contribution in [-0.4, -0.2) is 50.3 Å². The number of sulfonamides is 1. The van der Waals surface area contributed by atoms with Crippen LogP contribution in [0.4, 0.5) is 22.0 Å². The fourth-order valence-electron chi connectivity index (χ4n) is 4.96. The lowest BCUT2D eigenvalue weighted by molar-refractivity contribution is -0.150. The first-order chi connectivity index (χ1) is 16.8. The second-order valence-electron chi connectivity index (χ2n) is 10.2. The van der Waals surface area contributed by atoms with Crippen LogP contribution in [0.3, 0.4) is 0 Å². The van der Waals surface area contributed by atoms with Crippen LogP contribution in [-0.2, 0) is 21.2 Å². The molecule has 0 bridgehead atoms. The second-order valence-corrected chi connectivity index (χ2v) is 11.9. The van der Waals surface area contributed by atoms with Crippen molar-refractivity contribution in [3.63, 3.8) is 0 Å². The maximum absolute atomic E-state index is 15.6. The summed E-state index contributed by atoms with van der Waals surface area (Å²) in [5.74, 6) is -2.15. The van der Waals surface area contributed by atoms with Crippen LogP contribution in [0, 0.1) is 22.5 Å². The summed E-state index contributed by atoms with van der Waals surface area (Å²) >= 11 is 0. The van der Waals surface area contributed by atoms with Crippen molar-refractivity contribution in [2.45, 2.75) is 51.6 Å². The number of halogens is 5. The fourth-order valence-corrected chi connectivity index (χ4v) is 5.81. The standard InChI is InChI=1S/C25H27F5N2O3S/c1-24(2,22(29)30)23(33)32-13-25(9-10-25)21(31-36(34,35)14-26)19(32)12-16-6-4-8-18(20(16)28)15-5-3-7-17(27)11-15/h3-8,11,19,21-22,31H,9-10,12-14H2,1-2H3/t19-,21+/m0/s1. The average molecular weight is 531 g/mol. The molecule has 2 atom stereocenters. The predicted octanol–water partition coefficient (Wildman–Crippen LogP) is 4.67. The summed E-state index contributed by atoms with van der Waals surface area (Å²) in [4.78, 5) is 14.5. The number of amides is 1. The molecule has 1 aliphatic heterocycles. The van der Waals surface area contributed by atoms with Gasteiger partial charge in [-0.3, -0.25) is 4.79 Å². The van der Waals surface area contributed by atoms with Gasteiger partial charge in [-0.25, -0.2) is 35.1 Å². The Balaban J connectivity index is 1.76. The number of nitrogens with one attached hydrogen (secondary N) is 1. The van der Waals surface area contributed by atoms with Crippen LogP contribution in [0.2, 0.25) is 0 Å². The molecule has 1 amide bonds. The lowest BCUT2D eigenvalue weighted by atomic mass is 9.89. The van der Waals surface area contributed by atoms with E-state index in [1.54, 1.807) is 0 Å². The maximum Gasteiger partial charge on any atom is 0.252 e. The third-order valence-electron chi connectivity index (χ3n) is 7.27. The molecule has 2 aliphatic rings. The molecular weight excluding hydrogens is 503 g/mol. The minimum absolute atomic E-state index is 0.00265. The van der Waals surface area contributed by atoms with Crippen LogP contribution in [0.15, 0.2) is 42.5 Å². The lowest BCUT2D eigenvalue weighted by Crippen LogP contribution is -2.53. The molecule has 1 heterocycles. The Bertz CT molecular complexity index is 1260. The minimum Gasteiger partial charge on any atom is -0.336 e. The highest BCUT2D eigenvalue weighted by atomic mass is 32.2. The molecule has 0 unspecified atom stereocenters. The van der Waals surface area contributed by atoms with Gasteiger partial charge in [-0.1, -0.05) is 30.3 Å². The van der Waals surface area contributed by atoms with Crippen LogP contribution < -0.4 is 4.72 Å². The summed E-state index contributed by atoms with van der Waals surface area (Å²) in [7, 11) is -4.36. The normalized spacial score (nSPS) is 21.4. The summed E-state index contributed by atoms with van der Waals surface area (Å²) in [5, 5.41) is 0. The molecule has 2 fully saturated rings. The van der Waals surface area contributed by atoms with Gasteiger partial charge in [-0.2, -0.15) is 0 Å². The molecule has 1 saturated carbocycles. The van der Waals surface area contributed by atoms with E-state index < -0.39 is 62.9 Å². The van der Waals surface area contributed by atoms with Gasteiger partial charge < -0.3 is 4.90 Å². The number of carbonyl (C=O) groups excluding carboxylic acids is 1. The summed E-state index contributed by atoms with van der Waals surface area (Å²) in [6, 6.07) is 6.07. The van der Waals surface area contributed by atoms with Crippen molar-refractivity contribution in [2.75, 3.05) is 12.6 Å². The van der Waals surface area contributed by atoms with Gasteiger partial charge in [0.2, 0.25) is 21.9 Å². The van der Waals surface area contributed by atoms with Crippen molar-refractivity contribution in [2.24, 2.45) is 10.8 Å². The Morgan fingerprint density at radius 3 is 2.42 bits per heavy atom. The molecule has 2 aromatic rings. The monoisotopic (exact) mass is 530 g/mol. The van der Waals surface area contributed by atoms with Crippen molar-refractivity contribution in [3.05, 3.63) is 59.7 Å². The number of hydrogen-bond acceptors (Lipinski definition) is 3. The van der Waals surface area contributed by atoms with Gasteiger partial charge in [0.25, 0.3) is 6.43 Å². The van der Waals surface area contributed by atoms with Gasteiger partial charge >= 0.3 is 0 Å². The van der Waals surface area contributed by atoms with Crippen LogP contribution in [0.5, 0.6) is 0 Å². The first kappa shape index (κ1) is 26.5. The highest BCUT2D eigenvalue weighted by Gasteiger charge is 2.62. The minimum atomic E-state index is -4.36. The molecule has 1 saturated heterocycles. The van der Waals surface area contributed by atoms with Gasteiger partial charge in [0.1, 0.15) is 17.0 Å². The van der Waals surface area contributed by atoms with Crippen molar-refractivity contribution in [1.29, 1.82) is 0 Å². The number of carbonyl (C=O) groups is 1. The Kier molecular flexibility index (Phi) is 6.93. The average Bonchev–Trinajstić information content (AvgIpc) is 3.55. The number of alkyl halides is 3. The van der Waals surface area contributed by atoms with E-state index in [1.165, 1.54) is 41.3 Å². The lowest BCUT2D eigenvalue weighted by Gasteiger charge is -2.34. The Morgan fingerprint density at radius 2 is 1.83 bits per heavy atom. The van der Waals surface area contributed by atoms with Crippen molar-refractivity contribution in [1.82, 2.24) is 9.62 Å². The molecule has 196 valence electrons. The molecule has 1 aliphatic carbocycles. The van der Waals surface area contributed by atoms with Gasteiger partial charge in [0.05, 0.1) is 6.04 Å². The Hall–Kier alpha value is -2.53. The largest absolute Gasteiger partial charge is 0.336 e. The molecule has 36 heavy (non-hydrogen) atoms. The molecule has 5 nitrogen and oxygen atoms in total. The van der Waals surface area contributed by atoms with E-state index in [0.29, 0.717) is 12.8 Å².